The lowest BCUT2D eigenvalue weighted by atomic mass is 9.98. The van der Waals surface area contributed by atoms with Gasteiger partial charge in [-0.2, -0.15) is 0 Å². The van der Waals surface area contributed by atoms with Crippen LogP contribution in [0, 0.1) is 0 Å². The predicted molar refractivity (Wildman–Crippen MR) is 236 cm³/mol. The molecule has 0 unspecified atom stereocenters. The molecule has 0 aliphatic carbocycles. The van der Waals surface area contributed by atoms with Crippen LogP contribution in [-0.2, 0) is 0 Å². The van der Waals surface area contributed by atoms with Crippen LogP contribution in [0.5, 0.6) is 0 Å². The normalized spacial score (nSPS) is 12.5. The summed E-state index contributed by atoms with van der Waals surface area (Å²) in [4.78, 5) is 0. The summed E-state index contributed by atoms with van der Waals surface area (Å²) in [5.74, 6) is 0. The summed E-state index contributed by atoms with van der Waals surface area (Å²) in [7, 11) is 0. The van der Waals surface area contributed by atoms with E-state index in [1.54, 1.807) is 0 Å². The molecule has 5 heteroatoms. The number of fused-ring (bicyclic) bond motifs is 16. The van der Waals surface area contributed by atoms with Gasteiger partial charge >= 0.3 is 0 Å². The van der Waals surface area contributed by atoms with Crippen molar-refractivity contribution in [1.82, 2.24) is 0 Å². The molecule has 246 valence electrons. The highest BCUT2D eigenvalue weighted by molar-refractivity contribution is 7.28. The van der Waals surface area contributed by atoms with Gasteiger partial charge in [-0.25, -0.2) is 0 Å². The molecular weight excluding hydrogens is 721 g/mol. The second-order valence-corrected chi connectivity index (χ2v) is 18.3. The lowest BCUT2D eigenvalue weighted by Crippen LogP contribution is -1.79. The van der Waals surface area contributed by atoms with E-state index in [1.165, 1.54) is 103 Å². The maximum atomic E-state index is 6.53. The molecule has 0 fully saturated rings. The van der Waals surface area contributed by atoms with E-state index in [2.05, 4.69) is 146 Å². The number of hydrogen-bond acceptors (Lipinski definition) is 5. The summed E-state index contributed by atoms with van der Waals surface area (Å²) in [6.45, 7) is 0. The number of rotatable bonds is 2. The van der Waals surface area contributed by atoms with E-state index in [1.807, 2.05) is 45.3 Å². The van der Waals surface area contributed by atoms with Crippen LogP contribution in [0.3, 0.4) is 0 Å². The Morgan fingerprint density at radius 3 is 1.49 bits per heavy atom. The molecule has 0 N–H and O–H groups in total. The van der Waals surface area contributed by atoms with Gasteiger partial charge < -0.3 is 4.42 Å². The van der Waals surface area contributed by atoms with E-state index < -0.39 is 0 Å². The summed E-state index contributed by atoms with van der Waals surface area (Å²) in [6.07, 6.45) is 0. The van der Waals surface area contributed by atoms with Crippen LogP contribution in [0.25, 0.3) is 125 Å². The average molecular weight is 745 g/mol. The molecule has 1 nitrogen and oxygen atoms in total. The fourth-order valence-electron chi connectivity index (χ4n) is 8.57. The van der Waals surface area contributed by atoms with Crippen LogP contribution >= 0.6 is 45.3 Å². The standard InChI is InChI=1S/C48H24OS4/c1-3-7-39-30(5-1)34-23-46-35(24-45(34)52-39)33-20-26(11-15-41(33)53-46)28-9-13-29-32-19-25(10-14-37(32)49-38(29)22-28)27-12-16-42-36(21-27)48-44(51-42)18-17-43-47(48)31-6-2-4-8-40(31)50-43/h1-24H. The molecule has 53 heavy (non-hydrogen) atoms. The Labute approximate surface area is 318 Å². The van der Waals surface area contributed by atoms with Gasteiger partial charge in [-0.3, -0.25) is 0 Å². The Morgan fingerprint density at radius 1 is 0.264 bits per heavy atom. The van der Waals surface area contributed by atoms with Crippen molar-refractivity contribution in [3.8, 4) is 22.3 Å². The van der Waals surface area contributed by atoms with Gasteiger partial charge in [0.25, 0.3) is 0 Å². The zero-order valence-electron chi connectivity index (χ0n) is 27.9. The first kappa shape index (κ1) is 29.0. The van der Waals surface area contributed by atoms with Crippen LogP contribution in [0.15, 0.2) is 150 Å². The topological polar surface area (TPSA) is 13.1 Å². The summed E-state index contributed by atoms with van der Waals surface area (Å²) >= 11 is 7.55. The zero-order valence-corrected chi connectivity index (χ0v) is 31.2. The fraction of sp³-hybridized carbons (Fsp3) is 0. The fourth-order valence-corrected chi connectivity index (χ4v) is 13.0. The number of hydrogen-bond donors (Lipinski definition) is 0. The van der Waals surface area contributed by atoms with E-state index >= 15 is 0 Å². The van der Waals surface area contributed by atoms with Crippen LogP contribution in [0.1, 0.15) is 0 Å². The van der Waals surface area contributed by atoms with Gasteiger partial charge in [0.15, 0.2) is 0 Å². The smallest absolute Gasteiger partial charge is 0.136 e. The predicted octanol–water partition coefficient (Wildman–Crippen LogP) is 16.4. The summed E-state index contributed by atoms with van der Waals surface area (Å²) in [5, 5.41) is 13.1. The Balaban J connectivity index is 0.920. The minimum Gasteiger partial charge on any atom is -0.456 e. The molecule has 0 saturated heterocycles. The van der Waals surface area contributed by atoms with Crippen molar-refractivity contribution in [3.63, 3.8) is 0 Å². The van der Waals surface area contributed by atoms with Crippen LogP contribution in [-0.4, -0.2) is 0 Å². The molecule has 0 aliphatic rings. The second-order valence-electron chi connectivity index (χ2n) is 14.0. The lowest BCUT2D eigenvalue weighted by Gasteiger charge is -2.04. The van der Waals surface area contributed by atoms with Gasteiger partial charge in [0.2, 0.25) is 0 Å². The quantitative estimate of drug-likeness (QED) is 0.172. The third-order valence-electron chi connectivity index (χ3n) is 11.1. The van der Waals surface area contributed by atoms with Gasteiger partial charge in [-0.15, -0.1) is 45.3 Å². The average Bonchev–Trinajstić information content (AvgIpc) is 4.01. The van der Waals surface area contributed by atoms with Crippen molar-refractivity contribution in [2.45, 2.75) is 0 Å². The molecule has 0 bridgehead atoms. The summed E-state index contributed by atoms with van der Waals surface area (Å²) in [5.41, 5.74) is 6.65. The SMILES string of the molecule is c1ccc2c(c1)sc1cc3c(cc12)sc1ccc(-c2ccc4c(c2)oc2ccc(-c5ccc6sc7ccc8sc9ccccc9c8c7c6c5)cc24)cc13. The first-order valence-corrected chi connectivity index (χ1v) is 21.0. The van der Waals surface area contributed by atoms with Gasteiger partial charge in [0.05, 0.1) is 0 Å². The van der Waals surface area contributed by atoms with Gasteiger partial charge in [0.1, 0.15) is 11.2 Å². The maximum absolute atomic E-state index is 6.53. The molecule has 13 rings (SSSR count). The minimum absolute atomic E-state index is 0.918. The first-order chi connectivity index (χ1) is 26.2. The Bertz CT molecular complexity index is 3700. The second kappa shape index (κ2) is 10.5. The molecule has 13 aromatic rings. The molecule has 8 aromatic carbocycles. The summed E-state index contributed by atoms with van der Waals surface area (Å²) in [6, 6.07) is 54.2. The van der Waals surface area contributed by atoms with Crippen molar-refractivity contribution in [2.24, 2.45) is 0 Å². The largest absolute Gasteiger partial charge is 0.456 e. The lowest BCUT2D eigenvalue weighted by molar-refractivity contribution is 0.669. The number of thiophene rings is 4. The van der Waals surface area contributed by atoms with Crippen molar-refractivity contribution in [2.75, 3.05) is 0 Å². The number of furan rings is 1. The van der Waals surface area contributed by atoms with Gasteiger partial charge in [-0.05, 0) is 107 Å². The molecule has 5 aromatic heterocycles. The Kier molecular flexibility index (Phi) is 5.75. The van der Waals surface area contributed by atoms with Crippen LogP contribution < -0.4 is 0 Å². The Hall–Kier alpha value is -5.56. The Morgan fingerprint density at radius 2 is 0.736 bits per heavy atom. The van der Waals surface area contributed by atoms with Crippen molar-refractivity contribution in [3.05, 3.63) is 146 Å². The third-order valence-corrected chi connectivity index (χ3v) is 15.6. The van der Waals surface area contributed by atoms with E-state index in [-0.39, 0.29) is 0 Å². The molecule has 0 amide bonds. The van der Waals surface area contributed by atoms with Gasteiger partial charge in [-0.1, -0.05) is 60.7 Å². The molecule has 0 radical (unpaired) electrons. The highest BCUT2D eigenvalue weighted by Gasteiger charge is 2.17. The molecule has 5 heterocycles. The van der Waals surface area contributed by atoms with Gasteiger partial charge in [0, 0.05) is 91.5 Å². The summed E-state index contributed by atoms with van der Waals surface area (Å²) < 4.78 is 17.3. The molecule has 0 saturated carbocycles. The third kappa shape index (κ3) is 4.11. The first-order valence-electron chi connectivity index (χ1n) is 17.7. The number of benzene rings is 8. The van der Waals surface area contributed by atoms with Crippen molar-refractivity contribution < 1.29 is 4.42 Å². The maximum Gasteiger partial charge on any atom is 0.136 e. The zero-order chi connectivity index (χ0) is 34.4. The van der Waals surface area contributed by atoms with Crippen LogP contribution in [0.2, 0.25) is 0 Å². The van der Waals surface area contributed by atoms with Crippen molar-refractivity contribution in [1.29, 1.82) is 0 Å². The van der Waals surface area contributed by atoms with E-state index in [0.29, 0.717) is 0 Å². The van der Waals surface area contributed by atoms with Crippen molar-refractivity contribution >= 4 is 148 Å². The molecular formula is C48H24OS4. The molecule has 0 atom stereocenters. The van der Waals surface area contributed by atoms with E-state index in [9.17, 15) is 0 Å². The molecule has 0 aliphatic heterocycles. The highest BCUT2D eigenvalue weighted by atomic mass is 32.1. The van der Waals surface area contributed by atoms with E-state index in [0.717, 1.165) is 21.9 Å². The van der Waals surface area contributed by atoms with Crippen LogP contribution in [0.4, 0.5) is 0 Å². The van der Waals surface area contributed by atoms with E-state index in [4.69, 9.17) is 4.42 Å². The monoisotopic (exact) mass is 744 g/mol. The minimum atomic E-state index is 0.918. The highest BCUT2D eigenvalue weighted by Crippen LogP contribution is 2.46. The molecule has 0 spiro atoms.